The molecule has 0 saturated carbocycles. The normalized spacial score (nSPS) is 11.9. The molecule has 266 valence electrons. The van der Waals surface area contributed by atoms with E-state index in [1.807, 2.05) is 65.1 Å². The summed E-state index contributed by atoms with van der Waals surface area (Å²) in [5.74, 6) is 1.96. The van der Waals surface area contributed by atoms with Gasteiger partial charge in [-0.25, -0.2) is 15.0 Å². The van der Waals surface area contributed by atoms with E-state index in [-0.39, 0.29) is 0 Å². The Labute approximate surface area is 335 Å². The number of hydrogen-bond donors (Lipinski definition) is 0. The Morgan fingerprint density at radius 2 is 0.982 bits per heavy atom. The largest absolute Gasteiger partial charge is 0.455 e. The molecule has 0 aliphatic rings. The average Bonchev–Trinajstić information content (AvgIpc) is 3.97. The summed E-state index contributed by atoms with van der Waals surface area (Å²) in [4.78, 5) is 15.2. The molecule has 0 unspecified atom stereocenters. The first-order chi connectivity index (χ1) is 28.2. The van der Waals surface area contributed by atoms with E-state index in [1.54, 1.807) is 0 Å². The highest BCUT2D eigenvalue weighted by atomic mass is 32.1. The van der Waals surface area contributed by atoms with E-state index in [2.05, 4.69) is 133 Å². The number of thiophene rings is 2. The van der Waals surface area contributed by atoms with Crippen LogP contribution < -0.4 is 0 Å². The highest BCUT2D eigenvalue weighted by molar-refractivity contribution is 7.26. The number of fused-ring (bicyclic) bond motifs is 9. The lowest BCUT2D eigenvalue weighted by molar-refractivity contribution is 0.670. The van der Waals surface area contributed by atoms with Gasteiger partial charge in [-0.15, -0.1) is 22.7 Å². The molecular formula is C51H29N3OS2. The minimum atomic E-state index is 0.652. The SMILES string of the molecule is c1ccc(-c2nc(-c3ccccc3)nc(-c3cccc4sc5c(-c6cc(-c7ccc8c(c7)sc7ccccc78)c7oc8ccccc8c7c6)cccc5c34)n2)cc1. The highest BCUT2D eigenvalue weighted by Crippen LogP contribution is 2.47. The second kappa shape index (κ2) is 12.8. The predicted octanol–water partition coefficient (Wildman–Crippen LogP) is 14.8. The molecule has 0 saturated heterocycles. The average molecular weight is 764 g/mol. The summed E-state index contributed by atoms with van der Waals surface area (Å²) >= 11 is 3.66. The van der Waals surface area contributed by atoms with E-state index in [4.69, 9.17) is 19.4 Å². The van der Waals surface area contributed by atoms with Gasteiger partial charge in [-0.3, -0.25) is 0 Å². The fourth-order valence-corrected chi connectivity index (χ4v) is 10.7. The van der Waals surface area contributed by atoms with Crippen LogP contribution in [0.1, 0.15) is 0 Å². The zero-order valence-electron chi connectivity index (χ0n) is 30.3. The number of para-hydroxylation sites is 1. The topological polar surface area (TPSA) is 51.8 Å². The minimum absolute atomic E-state index is 0.652. The summed E-state index contributed by atoms with van der Waals surface area (Å²) in [5.41, 5.74) is 9.25. The number of furan rings is 1. The first kappa shape index (κ1) is 32.3. The van der Waals surface area contributed by atoms with Crippen LogP contribution in [0.5, 0.6) is 0 Å². The molecule has 6 heteroatoms. The first-order valence-electron chi connectivity index (χ1n) is 18.9. The van der Waals surface area contributed by atoms with Crippen LogP contribution in [0.4, 0.5) is 0 Å². The molecule has 0 aliphatic heterocycles. The number of benzene rings is 8. The van der Waals surface area contributed by atoms with Gasteiger partial charge < -0.3 is 4.42 Å². The Hall–Kier alpha value is -6.99. The van der Waals surface area contributed by atoms with Crippen molar-refractivity contribution in [3.63, 3.8) is 0 Å². The fourth-order valence-electron chi connectivity index (χ4n) is 8.28. The van der Waals surface area contributed by atoms with Crippen molar-refractivity contribution in [2.75, 3.05) is 0 Å². The lowest BCUT2D eigenvalue weighted by Crippen LogP contribution is -2.00. The van der Waals surface area contributed by atoms with E-state index in [1.165, 1.54) is 40.5 Å². The van der Waals surface area contributed by atoms with E-state index >= 15 is 0 Å². The van der Waals surface area contributed by atoms with E-state index in [0.29, 0.717) is 17.5 Å². The Kier molecular flexibility index (Phi) is 7.24. The van der Waals surface area contributed by atoms with Crippen molar-refractivity contribution in [1.82, 2.24) is 15.0 Å². The van der Waals surface area contributed by atoms with Crippen LogP contribution in [0.3, 0.4) is 0 Å². The van der Waals surface area contributed by atoms with Gasteiger partial charge in [0.1, 0.15) is 11.2 Å². The molecule has 0 radical (unpaired) electrons. The molecule has 0 amide bonds. The van der Waals surface area contributed by atoms with Crippen LogP contribution in [0, 0.1) is 0 Å². The van der Waals surface area contributed by atoms with Crippen LogP contribution >= 0.6 is 22.7 Å². The number of aromatic nitrogens is 3. The molecular weight excluding hydrogens is 735 g/mol. The van der Waals surface area contributed by atoms with Crippen LogP contribution in [-0.4, -0.2) is 15.0 Å². The summed E-state index contributed by atoms with van der Waals surface area (Å²) in [6.07, 6.45) is 0. The zero-order valence-corrected chi connectivity index (χ0v) is 31.9. The quantitative estimate of drug-likeness (QED) is 0.175. The van der Waals surface area contributed by atoms with E-state index in [0.717, 1.165) is 60.7 Å². The van der Waals surface area contributed by atoms with Gasteiger partial charge in [-0.1, -0.05) is 140 Å². The Balaban J connectivity index is 1.08. The highest BCUT2D eigenvalue weighted by Gasteiger charge is 2.21. The van der Waals surface area contributed by atoms with Crippen LogP contribution in [0.2, 0.25) is 0 Å². The molecule has 4 heterocycles. The predicted molar refractivity (Wildman–Crippen MR) is 240 cm³/mol. The first-order valence-corrected chi connectivity index (χ1v) is 20.6. The van der Waals surface area contributed by atoms with E-state index in [9.17, 15) is 0 Å². The van der Waals surface area contributed by atoms with Crippen LogP contribution in [0.15, 0.2) is 180 Å². The summed E-state index contributed by atoms with van der Waals surface area (Å²) in [7, 11) is 0. The molecule has 0 atom stereocenters. The second-order valence-corrected chi connectivity index (χ2v) is 16.4. The lowest BCUT2D eigenvalue weighted by Gasteiger charge is -2.10. The van der Waals surface area contributed by atoms with Gasteiger partial charge in [0, 0.05) is 73.4 Å². The van der Waals surface area contributed by atoms with Crippen molar-refractivity contribution in [2.24, 2.45) is 0 Å². The fraction of sp³-hybridized carbons (Fsp3) is 0. The molecule has 12 rings (SSSR count). The van der Waals surface area contributed by atoms with Crippen molar-refractivity contribution in [2.45, 2.75) is 0 Å². The number of rotatable bonds is 5. The summed E-state index contributed by atoms with van der Waals surface area (Å²) < 4.78 is 11.6. The minimum Gasteiger partial charge on any atom is -0.455 e. The molecule has 12 aromatic rings. The third-order valence-electron chi connectivity index (χ3n) is 10.9. The maximum atomic E-state index is 6.67. The summed E-state index contributed by atoms with van der Waals surface area (Å²) in [5, 5.41) is 7.13. The van der Waals surface area contributed by atoms with Crippen LogP contribution in [-0.2, 0) is 0 Å². The number of hydrogen-bond acceptors (Lipinski definition) is 6. The van der Waals surface area contributed by atoms with Crippen molar-refractivity contribution in [1.29, 1.82) is 0 Å². The summed E-state index contributed by atoms with van der Waals surface area (Å²) in [6.45, 7) is 0. The van der Waals surface area contributed by atoms with Gasteiger partial charge in [0.05, 0.1) is 0 Å². The standard InChI is InChI=1S/C51H29N3OS2/c1-3-13-30(14-4-1)49-52-50(31-15-5-2-6-16-31)54-51(53-49)39-21-12-24-44-46(39)38-20-11-19-34(48(38)57-44)33-27-40(47-41(28-33)35-17-7-9-22-42(35)55-47)32-25-26-37-36-18-8-10-23-43(36)56-45(37)29-32/h1-29H. The smallest absolute Gasteiger partial charge is 0.164 e. The molecule has 57 heavy (non-hydrogen) atoms. The molecule has 0 spiro atoms. The third kappa shape index (κ3) is 5.22. The Morgan fingerprint density at radius 3 is 1.79 bits per heavy atom. The molecule has 0 fully saturated rings. The molecule has 0 N–H and O–H groups in total. The molecule has 4 nitrogen and oxygen atoms in total. The molecule has 4 aromatic heterocycles. The maximum Gasteiger partial charge on any atom is 0.164 e. The summed E-state index contributed by atoms with van der Waals surface area (Å²) in [6, 6.07) is 62.0. The maximum absolute atomic E-state index is 6.67. The van der Waals surface area contributed by atoms with Crippen molar-refractivity contribution >= 4 is 85.0 Å². The zero-order chi connectivity index (χ0) is 37.5. The molecule has 0 bridgehead atoms. The third-order valence-corrected chi connectivity index (χ3v) is 13.3. The van der Waals surface area contributed by atoms with Gasteiger partial charge in [0.2, 0.25) is 0 Å². The van der Waals surface area contributed by atoms with Gasteiger partial charge in [0.25, 0.3) is 0 Å². The second-order valence-electron chi connectivity index (χ2n) is 14.3. The van der Waals surface area contributed by atoms with Crippen molar-refractivity contribution < 1.29 is 4.42 Å². The molecule has 8 aromatic carbocycles. The Morgan fingerprint density at radius 1 is 0.351 bits per heavy atom. The van der Waals surface area contributed by atoms with Gasteiger partial charge in [0.15, 0.2) is 17.5 Å². The Bertz CT molecular complexity index is 3470. The van der Waals surface area contributed by atoms with Gasteiger partial charge in [-0.05, 0) is 53.1 Å². The van der Waals surface area contributed by atoms with E-state index < -0.39 is 0 Å². The van der Waals surface area contributed by atoms with Crippen molar-refractivity contribution in [3.8, 4) is 56.4 Å². The van der Waals surface area contributed by atoms with Gasteiger partial charge in [-0.2, -0.15) is 0 Å². The van der Waals surface area contributed by atoms with Gasteiger partial charge >= 0.3 is 0 Å². The van der Waals surface area contributed by atoms with Crippen molar-refractivity contribution in [3.05, 3.63) is 176 Å². The number of nitrogens with zero attached hydrogens (tertiary/aromatic N) is 3. The lowest BCUT2D eigenvalue weighted by atomic mass is 9.94. The monoisotopic (exact) mass is 763 g/mol. The van der Waals surface area contributed by atoms with Crippen LogP contribution in [0.25, 0.3) is 119 Å². The molecule has 0 aliphatic carbocycles.